The average molecular weight is 198 g/mol. The molecule has 1 aliphatic heterocycles. The molecule has 0 aromatic carbocycles. The largest absolute Gasteiger partial charge is 0.330 e. The van der Waals surface area contributed by atoms with Crippen LogP contribution in [0.5, 0.6) is 0 Å². The van der Waals surface area contributed by atoms with Crippen molar-refractivity contribution in [3.63, 3.8) is 0 Å². The molecule has 1 aliphatic rings. The van der Waals surface area contributed by atoms with E-state index in [1.807, 2.05) is 0 Å². The van der Waals surface area contributed by atoms with Gasteiger partial charge in [0.15, 0.2) is 0 Å². The maximum atomic E-state index is 5.46. The highest BCUT2D eigenvalue weighted by molar-refractivity contribution is 4.78. The molecule has 2 nitrogen and oxygen atoms in total. The number of hydrogen-bond donors (Lipinski definition) is 1. The number of nitrogens with zero attached hydrogens (tertiary/aromatic N) is 1. The monoisotopic (exact) mass is 198 g/mol. The third-order valence-electron chi connectivity index (χ3n) is 3.49. The smallest absolute Gasteiger partial charge is 0.00102 e. The molecule has 0 radical (unpaired) electrons. The summed E-state index contributed by atoms with van der Waals surface area (Å²) in [5.74, 6) is 1.80. The summed E-state index contributed by atoms with van der Waals surface area (Å²) in [4.78, 5) is 2.62. The van der Waals surface area contributed by atoms with Crippen molar-refractivity contribution in [3.05, 3.63) is 0 Å². The van der Waals surface area contributed by atoms with E-state index in [0.717, 1.165) is 18.4 Å². The van der Waals surface area contributed by atoms with Gasteiger partial charge in [-0.05, 0) is 37.8 Å². The quantitative estimate of drug-likeness (QED) is 0.662. The van der Waals surface area contributed by atoms with Gasteiger partial charge in [0.1, 0.15) is 0 Å². The number of nitrogens with two attached hydrogens (primary N) is 1. The van der Waals surface area contributed by atoms with Crippen molar-refractivity contribution in [2.45, 2.75) is 39.5 Å². The van der Waals surface area contributed by atoms with Gasteiger partial charge in [-0.1, -0.05) is 26.7 Å². The Balaban J connectivity index is 1.97. The Labute approximate surface area is 88.8 Å². The van der Waals surface area contributed by atoms with Gasteiger partial charge >= 0.3 is 0 Å². The van der Waals surface area contributed by atoms with Gasteiger partial charge in [0.25, 0.3) is 0 Å². The van der Waals surface area contributed by atoms with Crippen LogP contribution in [0.25, 0.3) is 0 Å². The highest BCUT2D eigenvalue weighted by atomic mass is 15.1. The molecule has 14 heavy (non-hydrogen) atoms. The average Bonchev–Trinajstić information content (AvgIpc) is 2.46. The molecule has 0 aromatic heterocycles. The van der Waals surface area contributed by atoms with Gasteiger partial charge in [-0.15, -0.1) is 0 Å². The van der Waals surface area contributed by atoms with Gasteiger partial charge in [-0.25, -0.2) is 0 Å². The Kier molecular flexibility index (Phi) is 5.49. The second kappa shape index (κ2) is 6.41. The lowest BCUT2D eigenvalue weighted by molar-refractivity contribution is 0.314. The molecule has 0 amide bonds. The van der Waals surface area contributed by atoms with Crippen molar-refractivity contribution < 1.29 is 0 Å². The number of unbranched alkanes of at least 4 members (excludes halogenated alkanes) is 3. The molecular formula is C12H26N2. The topological polar surface area (TPSA) is 29.3 Å². The molecule has 2 unspecified atom stereocenters. The molecule has 0 saturated carbocycles. The standard InChI is InChI=1S/C12H26N2/c1-11-9-14(10-12(11)2)8-6-4-3-5-7-13/h11-12H,3-10,13H2,1-2H3. The van der Waals surface area contributed by atoms with Gasteiger partial charge in [0, 0.05) is 13.1 Å². The van der Waals surface area contributed by atoms with Gasteiger partial charge in [0.2, 0.25) is 0 Å². The zero-order chi connectivity index (χ0) is 10.4. The Morgan fingerprint density at radius 3 is 2.14 bits per heavy atom. The number of hydrogen-bond acceptors (Lipinski definition) is 2. The Hall–Kier alpha value is -0.0800. The van der Waals surface area contributed by atoms with E-state index in [1.54, 1.807) is 0 Å². The van der Waals surface area contributed by atoms with Gasteiger partial charge < -0.3 is 10.6 Å². The van der Waals surface area contributed by atoms with Crippen LogP contribution in [0.2, 0.25) is 0 Å². The molecule has 1 saturated heterocycles. The van der Waals surface area contributed by atoms with Crippen LogP contribution in [0.15, 0.2) is 0 Å². The lowest BCUT2D eigenvalue weighted by Crippen LogP contribution is -2.21. The molecule has 2 atom stereocenters. The van der Waals surface area contributed by atoms with Gasteiger partial charge in [0.05, 0.1) is 0 Å². The molecular weight excluding hydrogens is 172 g/mol. The van der Waals surface area contributed by atoms with E-state index >= 15 is 0 Å². The van der Waals surface area contributed by atoms with Crippen LogP contribution in [-0.2, 0) is 0 Å². The van der Waals surface area contributed by atoms with Crippen LogP contribution in [0.3, 0.4) is 0 Å². The van der Waals surface area contributed by atoms with Crippen LogP contribution in [0.4, 0.5) is 0 Å². The van der Waals surface area contributed by atoms with Crippen molar-refractivity contribution in [2.75, 3.05) is 26.2 Å². The van der Waals surface area contributed by atoms with Crippen molar-refractivity contribution >= 4 is 0 Å². The minimum absolute atomic E-state index is 0.859. The fourth-order valence-corrected chi connectivity index (χ4v) is 2.26. The predicted molar refractivity (Wildman–Crippen MR) is 62.3 cm³/mol. The van der Waals surface area contributed by atoms with Gasteiger partial charge in [-0.2, -0.15) is 0 Å². The van der Waals surface area contributed by atoms with Crippen molar-refractivity contribution in [1.82, 2.24) is 4.90 Å². The molecule has 1 heterocycles. The third kappa shape index (κ3) is 3.97. The minimum atomic E-state index is 0.859. The maximum absolute atomic E-state index is 5.46. The first-order valence-corrected chi connectivity index (χ1v) is 6.16. The summed E-state index contributed by atoms with van der Waals surface area (Å²) in [7, 11) is 0. The van der Waals surface area contributed by atoms with Crippen molar-refractivity contribution in [3.8, 4) is 0 Å². The van der Waals surface area contributed by atoms with E-state index in [1.165, 1.54) is 45.3 Å². The van der Waals surface area contributed by atoms with Crippen molar-refractivity contribution in [1.29, 1.82) is 0 Å². The highest BCUT2D eigenvalue weighted by Gasteiger charge is 2.24. The van der Waals surface area contributed by atoms with Crippen LogP contribution in [0, 0.1) is 11.8 Å². The van der Waals surface area contributed by atoms with E-state index in [9.17, 15) is 0 Å². The summed E-state index contributed by atoms with van der Waals surface area (Å²) >= 11 is 0. The Morgan fingerprint density at radius 2 is 1.57 bits per heavy atom. The van der Waals surface area contributed by atoms with E-state index in [-0.39, 0.29) is 0 Å². The normalized spacial score (nSPS) is 28.5. The highest BCUT2D eigenvalue weighted by Crippen LogP contribution is 2.22. The van der Waals surface area contributed by atoms with Crippen LogP contribution in [0.1, 0.15) is 39.5 Å². The second-order valence-corrected chi connectivity index (χ2v) is 4.92. The maximum Gasteiger partial charge on any atom is 0.00102 e. The molecule has 0 aromatic rings. The zero-order valence-electron chi connectivity index (χ0n) is 9.84. The summed E-state index contributed by atoms with van der Waals surface area (Å²) in [5.41, 5.74) is 5.46. The SMILES string of the molecule is CC1CN(CCCCCCN)CC1C. The summed E-state index contributed by atoms with van der Waals surface area (Å²) in [6, 6.07) is 0. The molecule has 84 valence electrons. The minimum Gasteiger partial charge on any atom is -0.330 e. The Bertz CT molecular complexity index is 137. The summed E-state index contributed by atoms with van der Waals surface area (Å²) < 4.78 is 0. The summed E-state index contributed by atoms with van der Waals surface area (Å²) in [6.45, 7) is 9.55. The third-order valence-corrected chi connectivity index (χ3v) is 3.49. The molecule has 1 rings (SSSR count). The molecule has 1 fully saturated rings. The molecule has 0 bridgehead atoms. The molecule has 0 spiro atoms. The van der Waals surface area contributed by atoms with E-state index in [4.69, 9.17) is 5.73 Å². The zero-order valence-corrected chi connectivity index (χ0v) is 9.84. The molecule has 2 N–H and O–H groups in total. The molecule has 0 aliphatic carbocycles. The van der Waals surface area contributed by atoms with E-state index < -0.39 is 0 Å². The predicted octanol–water partition coefficient (Wildman–Crippen LogP) is 2.09. The fourth-order valence-electron chi connectivity index (χ4n) is 2.26. The van der Waals surface area contributed by atoms with Crippen LogP contribution < -0.4 is 5.73 Å². The lowest BCUT2D eigenvalue weighted by Gasteiger charge is -2.14. The number of rotatable bonds is 6. The second-order valence-electron chi connectivity index (χ2n) is 4.92. The van der Waals surface area contributed by atoms with Gasteiger partial charge in [-0.3, -0.25) is 0 Å². The fraction of sp³-hybridized carbons (Fsp3) is 1.00. The summed E-state index contributed by atoms with van der Waals surface area (Å²) in [6.07, 6.45) is 5.23. The summed E-state index contributed by atoms with van der Waals surface area (Å²) in [5, 5.41) is 0. The first-order valence-electron chi connectivity index (χ1n) is 6.16. The molecule has 2 heteroatoms. The van der Waals surface area contributed by atoms with E-state index in [0.29, 0.717) is 0 Å². The van der Waals surface area contributed by atoms with Crippen LogP contribution >= 0.6 is 0 Å². The first kappa shape index (κ1) is 12.0. The van der Waals surface area contributed by atoms with Crippen LogP contribution in [-0.4, -0.2) is 31.1 Å². The Morgan fingerprint density at radius 1 is 1.00 bits per heavy atom. The first-order chi connectivity index (χ1) is 6.74. The van der Waals surface area contributed by atoms with Crippen molar-refractivity contribution in [2.24, 2.45) is 17.6 Å². The van der Waals surface area contributed by atoms with E-state index in [2.05, 4.69) is 18.7 Å². The lowest BCUT2D eigenvalue weighted by atomic mass is 10.0. The number of likely N-dealkylation sites (tertiary alicyclic amines) is 1.